The Balaban J connectivity index is 1.48. The van der Waals surface area contributed by atoms with Gasteiger partial charge >= 0.3 is 0 Å². The fourth-order valence-electron chi connectivity index (χ4n) is 2.81. The molecule has 3 N–H and O–H groups in total. The molecule has 2 unspecified atom stereocenters. The van der Waals surface area contributed by atoms with E-state index in [2.05, 4.69) is 64.4 Å². The summed E-state index contributed by atoms with van der Waals surface area (Å²) in [5, 5.41) is 10.8. The number of benzene rings is 1. The Morgan fingerprint density at radius 3 is 2.61 bits per heavy atom. The number of rotatable bonds is 3. The van der Waals surface area contributed by atoms with Gasteiger partial charge in [0.05, 0.1) is 10.6 Å². The summed E-state index contributed by atoms with van der Waals surface area (Å²) in [7, 11) is 0. The van der Waals surface area contributed by atoms with E-state index in [9.17, 15) is 0 Å². The molecule has 0 bridgehead atoms. The average Bonchev–Trinajstić information content (AvgIpc) is 3.23. The zero-order valence-corrected chi connectivity index (χ0v) is 13.6. The van der Waals surface area contributed by atoms with Gasteiger partial charge in [0.25, 0.3) is 0 Å². The third-order valence-electron chi connectivity index (χ3n) is 3.98. The first-order valence-electron chi connectivity index (χ1n) is 7.63. The van der Waals surface area contributed by atoms with Gasteiger partial charge in [-0.1, -0.05) is 48.2 Å². The highest BCUT2D eigenvalue weighted by atomic mass is 32.2. The predicted octanol–water partition coefficient (Wildman–Crippen LogP) is 3.38. The van der Waals surface area contributed by atoms with Gasteiger partial charge in [0.2, 0.25) is 0 Å². The Morgan fingerprint density at radius 2 is 1.83 bits per heavy atom. The normalized spacial score (nSPS) is 23.1. The number of allylic oxidation sites excluding steroid dienone is 1. The van der Waals surface area contributed by atoms with Gasteiger partial charge in [-0.25, -0.2) is 0 Å². The van der Waals surface area contributed by atoms with E-state index >= 15 is 0 Å². The predicted molar refractivity (Wildman–Crippen MR) is 93.9 cm³/mol. The lowest BCUT2D eigenvalue weighted by Crippen LogP contribution is -2.23. The maximum Gasteiger partial charge on any atom is 0.124 e. The fourth-order valence-corrected chi connectivity index (χ4v) is 4.05. The molecule has 2 atom stereocenters. The molecule has 0 saturated carbocycles. The Hall–Kier alpha value is -2.40. The van der Waals surface area contributed by atoms with Crippen LogP contribution in [0.1, 0.15) is 29.6 Å². The van der Waals surface area contributed by atoms with E-state index in [4.69, 9.17) is 0 Å². The molecule has 116 valence electrons. The lowest BCUT2D eigenvalue weighted by Gasteiger charge is -2.14. The molecule has 0 amide bonds. The zero-order valence-electron chi connectivity index (χ0n) is 12.8. The van der Waals surface area contributed by atoms with Gasteiger partial charge in [-0.3, -0.25) is 4.98 Å². The molecular weight excluding hydrogens is 304 g/mol. The molecule has 5 heteroatoms. The van der Waals surface area contributed by atoms with E-state index in [0.717, 1.165) is 11.3 Å². The topological polar surface area (TPSA) is 49.0 Å². The summed E-state index contributed by atoms with van der Waals surface area (Å²) >= 11 is 1.85. The Morgan fingerprint density at radius 1 is 1.00 bits per heavy atom. The van der Waals surface area contributed by atoms with Crippen molar-refractivity contribution in [2.45, 2.75) is 18.5 Å². The van der Waals surface area contributed by atoms with Crippen LogP contribution in [0.4, 0.5) is 0 Å². The molecule has 0 aliphatic carbocycles. The second-order valence-corrected chi connectivity index (χ2v) is 6.71. The minimum absolute atomic E-state index is 0.0791. The van der Waals surface area contributed by atoms with E-state index in [-0.39, 0.29) is 11.5 Å². The van der Waals surface area contributed by atoms with Gasteiger partial charge in [-0.05, 0) is 18.6 Å². The van der Waals surface area contributed by atoms with Gasteiger partial charge in [-0.15, -0.1) is 0 Å². The molecule has 4 nitrogen and oxygen atoms in total. The Kier molecular flexibility index (Phi) is 3.71. The van der Waals surface area contributed by atoms with Gasteiger partial charge in [0, 0.05) is 29.9 Å². The van der Waals surface area contributed by atoms with Crippen molar-refractivity contribution in [2.75, 3.05) is 0 Å². The summed E-state index contributed by atoms with van der Waals surface area (Å²) in [6.45, 7) is 2.13. The summed E-state index contributed by atoms with van der Waals surface area (Å²) in [5.41, 5.74) is 4.76. The minimum Gasteiger partial charge on any atom is -0.372 e. The molecule has 2 aliphatic heterocycles. The SMILES string of the molecule is CC1=C(C2=CNC(c3cccnc3)N2)SC(c2ccccc2)N1. The second-order valence-electron chi connectivity index (χ2n) is 5.60. The lowest BCUT2D eigenvalue weighted by molar-refractivity contribution is 0.596. The van der Waals surface area contributed by atoms with Crippen LogP contribution in [0, 0.1) is 0 Å². The molecule has 0 radical (unpaired) electrons. The maximum atomic E-state index is 4.19. The van der Waals surface area contributed by atoms with Crippen molar-refractivity contribution in [3.8, 4) is 0 Å². The number of hydrogen-bond donors (Lipinski definition) is 3. The summed E-state index contributed by atoms with van der Waals surface area (Å²) in [5.74, 6) is 0. The number of hydrogen-bond acceptors (Lipinski definition) is 5. The third-order valence-corrected chi connectivity index (χ3v) is 5.37. The molecule has 0 spiro atoms. The monoisotopic (exact) mass is 322 g/mol. The van der Waals surface area contributed by atoms with Crippen LogP contribution in [0.5, 0.6) is 0 Å². The van der Waals surface area contributed by atoms with Crippen molar-refractivity contribution in [3.05, 3.63) is 88.5 Å². The van der Waals surface area contributed by atoms with Crippen molar-refractivity contribution >= 4 is 11.8 Å². The number of aromatic nitrogens is 1. The maximum absolute atomic E-state index is 4.19. The molecule has 3 heterocycles. The minimum atomic E-state index is 0.0791. The Bertz CT molecular complexity index is 755. The first-order valence-corrected chi connectivity index (χ1v) is 8.51. The fraction of sp³-hybridized carbons (Fsp3) is 0.167. The van der Waals surface area contributed by atoms with Crippen LogP contribution < -0.4 is 16.0 Å². The number of thioether (sulfide) groups is 1. The van der Waals surface area contributed by atoms with Crippen LogP contribution >= 0.6 is 11.8 Å². The van der Waals surface area contributed by atoms with E-state index in [1.165, 1.54) is 16.2 Å². The Labute approximate surface area is 140 Å². The van der Waals surface area contributed by atoms with Gasteiger partial charge in [0.15, 0.2) is 0 Å². The van der Waals surface area contributed by atoms with Crippen LogP contribution in [-0.2, 0) is 0 Å². The van der Waals surface area contributed by atoms with Gasteiger partial charge < -0.3 is 16.0 Å². The van der Waals surface area contributed by atoms with Crippen LogP contribution in [0.25, 0.3) is 0 Å². The molecule has 0 saturated heterocycles. The van der Waals surface area contributed by atoms with E-state index in [1.807, 2.05) is 30.1 Å². The number of pyridine rings is 1. The van der Waals surface area contributed by atoms with Crippen LogP contribution in [0.2, 0.25) is 0 Å². The number of nitrogens with one attached hydrogen (secondary N) is 3. The second kappa shape index (κ2) is 6.01. The van der Waals surface area contributed by atoms with Crippen LogP contribution in [0.3, 0.4) is 0 Å². The lowest BCUT2D eigenvalue weighted by atomic mass is 10.2. The molecule has 23 heavy (non-hydrogen) atoms. The molecule has 0 fully saturated rings. The quantitative estimate of drug-likeness (QED) is 0.809. The summed E-state index contributed by atoms with van der Waals surface area (Å²) in [6, 6.07) is 14.6. The summed E-state index contributed by atoms with van der Waals surface area (Å²) in [4.78, 5) is 5.45. The first-order chi connectivity index (χ1) is 11.3. The van der Waals surface area contributed by atoms with Gasteiger partial charge in [-0.2, -0.15) is 0 Å². The van der Waals surface area contributed by atoms with E-state index in [0.29, 0.717) is 0 Å². The number of nitrogens with zero attached hydrogens (tertiary/aromatic N) is 1. The summed E-state index contributed by atoms with van der Waals surface area (Å²) in [6.07, 6.45) is 5.81. The average molecular weight is 322 g/mol. The van der Waals surface area contributed by atoms with E-state index in [1.54, 1.807) is 6.20 Å². The highest BCUT2D eigenvalue weighted by Gasteiger charge is 2.28. The first kappa shape index (κ1) is 14.2. The zero-order chi connectivity index (χ0) is 15.6. The standard InChI is InChI=1S/C18H18N4S/c1-12-16(23-18(21-12)13-6-3-2-4-7-13)15-11-20-17(22-15)14-8-5-9-19-10-14/h2-11,17-18,20-22H,1H3. The van der Waals surface area contributed by atoms with Crippen molar-refractivity contribution in [1.29, 1.82) is 0 Å². The summed E-state index contributed by atoms with van der Waals surface area (Å²) < 4.78 is 0. The highest BCUT2D eigenvalue weighted by Crippen LogP contribution is 2.43. The smallest absolute Gasteiger partial charge is 0.124 e. The highest BCUT2D eigenvalue weighted by molar-refractivity contribution is 8.03. The van der Waals surface area contributed by atoms with Crippen LogP contribution in [-0.4, -0.2) is 4.98 Å². The third kappa shape index (κ3) is 2.80. The molecule has 1 aromatic heterocycles. The molecule has 2 aliphatic rings. The molecule has 2 aromatic rings. The van der Waals surface area contributed by atoms with Crippen molar-refractivity contribution in [1.82, 2.24) is 20.9 Å². The van der Waals surface area contributed by atoms with Crippen molar-refractivity contribution in [3.63, 3.8) is 0 Å². The molecule has 1 aromatic carbocycles. The molecular formula is C18H18N4S. The largest absolute Gasteiger partial charge is 0.372 e. The molecule has 4 rings (SSSR count). The van der Waals surface area contributed by atoms with E-state index < -0.39 is 0 Å². The van der Waals surface area contributed by atoms with Crippen molar-refractivity contribution < 1.29 is 0 Å². The van der Waals surface area contributed by atoms with Crippen LogP contribution in [0.15, 0.2) is 77.4 Å². The van der Waals surface area contributed by atoms with Crippen molar-refractivity contribution in [2.24, 2.45) is 0 Å². The van der Waals surface area contributed by atoms with Gasteiger partial charge in [0.1, 0.15) is 11.5 Å².